The molecule has 8 heteroatoms. The first kappa shape index (κ1) is 17.3. The van der Waals surface area contributed by atoms with Crippen molar-refractivity contribution >= 4 is 11.9 Å². The zero-order valence-electron chi connectivity index (χ0n) is 12.7. The number of benzene rings is 1. The van der Waals surface area contributed by atoms with Crippen molar-refractivity contribution in [2.45, 2.75) is 25.5 Å². The molecular formula is C15H20FN3O4. The Balaban J connectivity index is 2.13. The first-order valence-electron chi connectivity index (χ1n) is 7.38. The molecule has 0 bridgehead atoms. The highest BCUT2D eigenvalue weighted by Gasteiger charge is 2.29. The van der Waals surface area contributed by atoms with Crippen LogP contribution >= 0.6 is 0 Å². The van der Waals surface area contributed by atoms with Gasteiger partial charge in [0, 0.05) is 24.6 Å². The van der Waals surface area contributed by atoms with Crippen molar-refractivity contribution in [1.29, 1.82) is 0 Å². The van der Waals surface area contributed by atoms with Gasteiger partial charge < -0.3 is 16.2 Å². The molecule has 0 aromatic heterocycles. The van der Waals surface area contributed by atoms with E-state index in [-0.39, 0.29) is 24.1 Å². The summed E-state index contributed by atoms with van der Waals surface area (Å²) in [6.45, 7) is 2.43. The number of carbonyl (C=O) groups excluding carboxylic acids is 1. The minimum absolute atomic E-state index is 0.0999. The van der Waals surface area contributed by atoms with Gasteiger partial charge in [-0.05, 0) is 30.2 Å². The Morgan fingerprint density at radius 2 is 2.26 bits per heavy atom. The lowest BCUT2D eigenvalue weighted by Gasteiger charge is -2.17. The number of rotatable bonds is 6. The van der Waals surface area contributed by atoms with Crippen molar-refractivity contribution in [1.82, 2.24) is 10.8 Å². The molecule has 0 spiro atoms. The van der Waals surface area contributed by atoms with Crippen LogP contribution in [-0.2, 0) is 9.63 Å². The highest BCUT2D eigenvalue weighted by atomic mass is 19.1. The summed E-state index contributed by atoms with van der Waals surface area (Å²) >= 11 is 0. The molecule has 3 atom stereocenters. The highest BCUT2D eigenvalue weighted by molar-refractivity contribution is 5.94. The van der Waals surface area contributed by atoms with Crippen LogP contribution in [0.3, 0.4) is 0 Å². The van der Waals surface area contributed by atoms with Crippen LogP contribution in [0.15, 0.2) is 18.2 Å². The van der Waals surface area contributed by atoms with E-state index in [1.807, 2.05) is 6.92 Å². The number of aliphatic carboxylic acids is 1. The Morgan fingerprint density at radius 1 is 1.52 bits per heavy atom. The van der Waals surface area contributed by atoms with Gasteiger partial charge in [-0.1, -0.05) is 6.92 Å². The van der Waals surface area contributed by atoms with Crippen molar-refractivity contribution in [2.24, 2.45) is 11.7 Å². The molecule has 1 aliphatic rings. The maximum Gasteiger partial charge on any atom is 0.322 e. The molecule has 0 radical (unpaired) electrons. The average Bonchev–Trinajstić information content (AvgIpc) is 3.00. The zero-order chi connectivity index (χ0) is 17.0. The van der Waals surface area contributed by atoms with E-state index >= 15 is 0 Å². The molecule has 1 fully saturated rings. The first-order valence-corrected chi connectivity index (χ1v) is 7.38. The molecule has 1 heterocycles. The first-order chi connectivity index (χ1) is 10.9. The van der Waals surface area contributed by atoms with Crippen LogP contribution in [0.5, 0.6) is 0 Å². The smallest absolute Gasteiger partial charge is 0.322 e. The van der Waals surface area contributed by atoms with E-state index in [4.69, 9.17) is 15.7 Å². The lowest BCUT2D eigenvalue weighted by molar-refractivity contribution is -0.138. The second kappa shape index (κ2) is 7.49. The summed E-state index contributed by atoms with van der Waals surface area (Å²) in [5.74, 6) is -2.17. The zero-order valence-corrected chi connectivity index (χ0v) is 12.7. The van der Waals surface area contributed by atoms with Crippen LogP contribution in [0.4, 0.5) is 4.39 Å². The van der Waals surface area contributed by atoms with Crippen molar-refractivity contribution in [3.05, 3.63) is 35.1 Å². The van der Waals surface area contributed by atoms with Gasteiger partial charge in [0.05, 0.1) is 0 Å². The van der Waals surface area contributed by atoms with Crippen LogP contribution in [0.1, 0.15) is 35.4 Å². The molecule has 0 aliphatic carbocycles. The normalized spacial score (nSPS) is 21.9. The van der Waals surface area contributed by atoms with Gasteiger partial charge in [-0.3, -0.25) is 14.4 Å². The van der Waals surface area contributed by atoms with Gasteiger partial charge in [0.2, 0.25) is 0 Å². The molecule has 1 aliphatic heterocycles. The molecule has 7 nitrogen and oxygen atoms in total. The number of carboxylic acids is 1. The molecule has 1 aromatic rings. The fourth-order valence-electron chi connectivity index (χ4n) is 2.45. The van der Waals surface area contributed by atoms with Crippen molar-refractivity contribution in [3.8, 4) is 0 Å². The molecule has 1 aromatic carbocycles. The van der Waals surface area contributed by atoms with Gasteiger partial charge in [0.25, 0.3) is 5.91 Å². The van der Waals surface area contributed by atoms with E-state index in [9.17, 15) is 14.0 Å². The van der Waals surface area contributed by atoms with Crippen LogP contribution < -0.4 is 16.5 Å². The molecule has 2 unspecified atom stereocenters. The number of nitrogens with one attached hydrogen (secondary N) is 2. The molecule has 5 N–H and O–H groups in total. The van der Waals surface area contributed by atoms with E-state index in [2.05, 4.69) is 10.8 Å². The second-order valence-electron chi connectivity index (χ2n) is 5.48. The van der Waals surface area contributed by atoms with Gasteiger partial charge in [-0.15, -0.1) is 0 Å². The fraction of sp³-hybridized carbons (Fsp3) is 0.467. The van der Waals surface area contributed by atoms with Crippen LogP contribution in [0, 0.1) is 11.7 Å². The number of hydrogen-bond donors (Lipinski definition) is 4. The molecule has 0 saturated carbocycles. The molecule has 23 heavy (non-hydrogen) atoms. The van der Waals surface area contributed by atoms with E-state index in [1.165, 1.54) is 6.07 Å². The average molecular weight is 325 g/mol. The van der Waals surface area contributed by atoms with Crippen LogP contribution in [0.25, 0.3) is 0 Å². The van der Waals surface area contributed by atoms with Gasteiger partial charge >= 0.3 is 5.97 Å². The maximum atomic E-state index is 13.8. The summed E-state index contributed by atoms with van der Waals surface area (Å²) < 4.78 is 13.8. The lowest BCUT2D eigenvalue weighted by Crippen LogP contribution is -2.42. The number of carboxylic acid groups (broad SMARTS) is 1. The predicted molar refractivity (Wildman–Crippen MR) is 80.0 cm³/mol. The third kappa shape index (κ3) is 4.25. The lowest BCUT2D eigenvalue weighted by atomic mass is 9.93. The van der Waals surface area contributed by atoms with Gasteiger partial charge in [0.15, 0.2) is 0 Å². The van der Waals surface area contributed by atoms with Gasteiger partial charge in [-0.25, -0.2) is 9.87 Å². The van der Waals surface area contributed by atoms with E-state index in [0.717, 1.165) is 12.5 Å². The Bertz CT molecular complexity index is 596. The van der Waals surface area contributed by atoms with Crippen molar-refractivity contribution in [2.75, 3.05) is 13.1 Å². The van der Waals surface area contributed by atoms with Gasteiger partial charge in [-0.2, -0.15) is 0 Å². The third-order valence-corrected chi connectivity index (χ3v) is 3.82. The number of halogens is 1. The maximum absolute atomic E-state index is 13.8. The molecule has 1 amide bonds. The summed E-state index contributed by atoms with van der Waals surface area (Å²) in [6, 6.07) is 2.76. The predicted octanol–water partition coefficient (Wildman–Crippen LogP) is 0.570. The SMILES string of the molecule is CCC1CNOC1c1cc(F)cc(C(=O)NC[C@@H](N)C(=O)O)c1. The van der Waals surface area contributed by atoms with Crippen LogP contribution in [-0.4, -0.2) is 36.1 Å². The summed E-state index contributed by atoms with van der Waals surface area (Å²) in [5, 5.41) is 11.1. The number of nitrogens with two attached hydrogens (primary N) is 1. The summed E-state index contributed by atoms with van der Waals surface area (Å²) in [5.41, 5.74) is 8.77. The number of amides is 1. The molecule has 126 valence electrons. The fourth-order valence-corrected chi connectivity index (χ4v) is 2.45. The minimum atomic E-state index is -1.22. The second-order valence-corrected chi connectivity index (χ2v) is 5.48. The topological polar surface area (TPSA) is 114 Å². The number of hydroxylamine groups is 1. The van der Waals surface area contributed by atoms with Gasteiger partial charge in [0.1, 0.15) is 18.0 Å². The summed E-state index contributed by atoms with van der Waals surface area (Å²) in [7, 11) is 0. The molecular weight excluding hydrogens is 305 g/mol. The highest BCUT2D eigenvalue weighted by Crippen LogP contribution is 2.32. The Morgan fingerprint density at radius 3 is 2.91 bits per heavy atom. The minimum Gasteiger partial charge on any atom is -0.480 e. The van der Waals surface area contributed by atoms with E-state index in [0.29, 0.717) is 12.1 Å². The summed E-state index contributed by atoms with van der Waals surface area (Å²) in [6.07, 6.45) is 0.520. The van der Waals surface area contributed by atoms with E-state index in [1.54, 1.807) is 6.07 Å². The van der Waals surface area contributed by atoms with Crippen LogP contribution in [0.2, 0.25) is 0 Å². The number of carbonyl (C=O) groups is 2. The number of hydrogen-bond acceptors (Lipinski definition) is 5. The Hall–Kier alpha value is -2.03. The monoisotopic (exact) mass is 325 g/mol. The third-order valence-electron chi connectivity index (χ3n) is 3.82. The Labute approximate surface area is 133 Å². The summed E-state index contributed by atoms with van der Waals surface area (Å²) in [4.78, 5) is 28.1. The Kier molecular flexibility index (Phi) is 5.64. The van der Waals surface area contributed by atoms with Crippen molar-refractivity contribution < 1.29 is 23.9 Å². The van der Waals surface area contributed by atoms with Crippen molar-refractivity contribution in [3.63, 3.8) is 0 Å². The largest absolute Gasteiger partial charge is 0.480 e. The molecule has 1 saturated heterocycles. The standard InChI is InChI=1S/C15H20FN3O4/c1-2-8-6-19-23-13(8)9-3-10(5-11(16)4-9)14(20)18-7-12(17)15(21)22/h3-5,8,12-13,19H,2,6-7,17H2,1H3,(H,18,20)(H,21,22)/t8?,12-,13?/m1/s1. The molecule has 2 rings (SSSR count). The quantitative estimate of drug-likeness (QED) is 0.608. The van der Waals surface area contributed by atoms with E-state index < -0.39 is 23.7 Å².